The number of thiophene rings is 1. The third kappa shape index (κ3) is 3.80. The number of rotatable bonds is 6. The van der Waals surface area contributed by atoms with Crippen LogP contribution >= 0.6 is 11.3 Å². The Balaban J connectivity index is 1.72. The van der Waals surface area contributed by atoms with E-state index in [0.717, 1.165) is 28.7 Å². The summed E-state index contributed by atoms with van der Waals surface area (Å²) in [6.07, 6.45) is 2.02. The lowest BCUT2D eigenvalue weighted by Gasteiger charge is -2.06. The van der Waals surface area contributed by atoms with Crippen molar-refractivity contribution in [3.8, 4) is 0 Å². The van der Waals surface area contributed by atoms with Crippen molar-refractivity contribution < 1.29 is 8.42 Å². The lowest BCUT2D eigenvalue weighted by atomic mass is 10.1. The summed E-state index contributed by atoms with van der Waals surface area (Å²) in [5, 5.41) is 1.15. The Labute approximate surface area is 141 Å². The highest BCUT2D eigenvalue weighted by atomic mass is 32.2. The molecule has 2 aromatic carbocycles. The molecule has 0 atom stereocenters. The highest BCUT2D eigenvalue weighted by molar-refractivity contribution is 7.89. The van der Waals surface area contributed by atoms with Crippen molar-refractivity contribution in [2.75, 3.05) is 0 Å². The van der Waals surface area contributed by atoms with Gasteiger partial charge in [-0.25, -0.2) is 13.1 Å². The van der Waals surface area contributed by atoms with Gasteiger partial charge in [0.2, 0.25) is 10.0 Å². The van der Waals surface area contributed by atoms with E-state index in [2.05, 4.69) is 11.6 Å². The van der Waals surface area contributed by atoms with Gasteiger partial charge >= 0.3 is 0 Å². The van der Waals surface area contributed by atoms with Crippen molar-refractivity contribution in [1.82, 2.24) is 4.72 Å². The minimum absolute atomic E-state index is 0.318. The zero-order valence-corrected chi connectivity index (χ0v) is 14.6. The maximum atomic E-state index is 12.4. The summed E-state index contributed by atoms with van der Waals surface area (Å²) in [4.78, 5) is 1.33. The van der Waals surface area contributed by atoms with Gasteiger partial charge in [0.1, 0.15) is 0 Å². The highest BCUT2D eigenvalue weighted by Gasteiger charge is 2.14. The normalized spacial score (nSPS) is 11.9. The molecule has 0 aliphatic heterocycles. The monoisotopic (exact) mass is 345 g/mol. The molecule has 3 nitrogen and oxygen atoms in total. The molecule has 0 spiro atoms. The summed E-state index contributed by atoms with van der Waals surface area (Å²) < 4.78 is 28.6. The molecule has 1 heterocycles. The minimum atomic E-state index is -3.47. The molecule has 0 bridgehead atoms. The first-order chi connectivity index (χ1) is 11.1. The highest BCUT2D eigenvalue weighted by Crippen LogP contribution is 2.25. The van der Waals surface area contributed by atoms with Crippen LogP contribution in [0, 0.1) is 0 Å². The van der Waals surface area contributed by atoms with Gasteiger partial charge in [-0.05, 0) is 41.6 Å². The molecule has 5 heteroatoms. The second kappa shape index (κ2) is 6.83. The van der Waals surface area contributed by atoms with Crippen LogP contribution in [-0.4, -0.2) is 8.42 Å². The molecule has 0 fully saturated rings. The predicted octanol–water partition coefficient (Wildman–Crippen LogP) is 4.33. The van der Waals surface area contributed by atoms with Gasteiger partial charge in [-0.2, -0.15) is 0 Å². The Hall–Kier alpha value is -1.69. The zero-order chi connectivity index (χ0) is 16.3. The molecule has 0 unspecified atom stereocenters. The molecule has 0 radical (unpaired) electrons. The van der Waals surface area contributed by atoms with Crippen LogP contribution < -0.4 is 4.72 Å². The van der Waals surface area contributed by atoms with Gasteiger partial charge in [0, 0.05) is 16.1 Å². The van der Waals surface area contributed by atoms with Gasteiger partial charge in [0.25, 0.3) is 0 Å². The second-order valence-corrected chi connectivity index (χ2v) is 8.40. The van der Waals surface area contributed by atoms with Gasteiger partial charge in [-0.15, -0.1) is 11.3 Å². The van der Waals surface area contributed by atoms with Crippen LogP contribution in [0.15, 0.2) is 59.5 Å². The zero-order valence-electron chi connectivity index (χ0n) is 13.0. The molecule has 0 amide bonds. The van der Waals surface area contributed by atoms with E-state index in [0.29, 0.717) is 11.4 Å². The Morgan fingerprint density at radius 3 is 2.48 bits per heavy atom. The maximum Gasteiger partial charge on any atom is 0.240 e. The van der Waals surface area contributed by atoms with Crippen molar-refractivity contribution in [2.45, 2.75) is 31.2 Å². The molecule has 0 aliphatic carbocycles. The Bertz CT molecular complexity index is 863. The number of fused-ring (bicyclic) bond motifs is 1. The summed E-state index contributed by atoms with van der Waals surface area (Å²) in [6, 6.07) is 17.2. The number of benzene rings is 2. The smallest absolute Gasteiger partial charge is 0.207 e. The second-order valence-electron chi connectivity index (χ2n) is 5.47. The van der Waals surface area contributed by atoms with Gasteiger partial charge in [-0.1, -0.05) is 43.7 Å². The molecule has 120 valence electrons. The van der Waals surface area contributed by atoms with E-state index in [-0.39, 0.29) is 0 Å². The minimum Gasteiger partial charge on any atom is -0.207 e. The van der Waals surface area contributed by atoms with Crippen LogP contribution in [0.5, 0.6) is 0 Å². The van der Waals surface area contributed by atoms with E-state index in [9.17, 15) is 8.42 Å². The predicted molar refractivity (Wildman–Crippen MR) is 96.3 cm³/mol. The molecule has 3 aromatic rings. The molecular formula is C18H19NO2S2. The summed E-state index contributed by atoms with van der Waals surface area (Å²) in [6.45, 7) is 2.43. The first-order valence-corrected chi connectivity index (χ1v) is 9.94. The Kier molecular flexibility index (Phi) is 4.80. The maximum absolute atomic E-state index is 12.4. The van der Waals surface area contributed by atoms with E-state index in [1.165, 1.54) is 4.70 Å². The Morgan fingerprint density at radius 1 is 1.04 bits per heavy atom. The SMILES string of the molecule is CCCc1ccc(S(=O)(=O)NCc2cc3ccccc3s2)cc1. The lowest BCUT2D eigenvalue weighted by Crippen LogP contribution is -2.22. The van der Waals surface area contributed by atoms with Crippen LogP contribution in [0.25, 0.3) is 10.1 Å². The number of sulfonamides is 1. The van der Waals surface area contributed by atoms with Crippen LogP contribution in [-0.2, 0) is 23.0 Å². The molecule has 0 saturated heterocycles. The molecule has 1 aromatic heterocycles. The average molecular weight is 345 g/mol. The van der Waals surface area contributed by atoms with Crippen LogP contribution in [0.4, 0.5) is 0 Å². The fraction of sp³-hybridized carbons (Fsp3) is 0.222. The van der Waals surface area contributed by atoms with Gasteiger partial charge in [0.05, 0.1) is 4.90 Å². The fourth-order valence-corrected chi connectivity index (χ4v) is 4.60. The van der Waals surface area contributed by atoms with E-state index in [1.54, 1.807) is 23.5 Å². The van der Waals surface area contributed by atoms with E-state index in [1.807, 2.05) is 42.5 Å². The quantitative estimate of drug-likeness (QED) is 0.723. The largest absolute Gasteiger partial charge is 0.240 e. The molecule has 0 saturated carbocycles. The summed E-state index contributed by atoms with van der Waals surface area (Å²) >= 11 is 1.62. The first-order valence-electron chi connectivity index (χ1n) is 7.64. The molecule has 0 aliphatic rings. The molecule has 3 rings (SSSR count). The number of aryl methyl sites for hydroxylation is 1. The molecular weight excluding hydrogens is 326 g/mol. The molecule has 23 heavy (non-hydrogen) atoms. The van der Waals surface area contributed by atoms with Gasteiger partial charge < -0.3 is 0 Å². The van der Waals surface area contributed by atoms with Crippen molar-refractivity contribution in [3.63, 3.8) is 0 Å². The van der Waals surface area contributed by atoms with Crippen molar-refractivity contribution in [3.05, 3.63) is 65.0 Å². The van der Waals surface area contributed by atoms with Crippen molar-refractivity contribution >= 4 is 31.4 Å². The van der Waals surface area contributed by atoms with E-state index < -0.39 is 10.0 Å². The summed E-state index contributed by atoms with van der Waals surface area (Å²) in [5.41, 5.74) is 1.16. The van der Waals surface area contributed by atoms with Crippen LogP contribution in [0.3, 0.4) is 0 Å². The van der Waals surface area contributed by atoms with Gasteiger partial charge in [0.15, 0.2) is 0 Å². The standard InChI is InChI=1S/C18H19NO2S2/c1-2-5-14-8-10-17(11-9-14)23(20,21)19-13-16-12-15-6-3-4-7-18(15)22-16/h3-4,6-12,19H,2,5,13H2,1H3. The van der Waals surface area contributed by atoms with Gasteiger partial charge in [-0.3, -0.25) is 0 Å². The fourth-order valence-electron chi connectivity index (χ4n) is 2.50. The number of nitrogens with one attached hydrogen (secondary N) is 1. The Morgan fingerprint density at radius 2 is 1.78 bits per heavy atom. The number of hydrogen-bond acceptors (Lipinski definition) is 3. The van der Waals surface area contributed by atoms with Crippen LogP contribution in [0.1, 0.15) is 23.8 Å². The third-order valence-electron chi connectivity index (χ3n) is 3.69. The van der Waals surface area contributed by atoms with Crippen molar-refractivity contribution in [2.24, 2.45) is 0 Å². The average Bonchev–Trinajstić information content (AvgIpc) is 2.97. The number of hydrogen-bond donors (Lipinski definition) is 1. The van der Waals surface area contributed by atoms with E-state index in [4.69, 9.17) is 0 Å². The third-order valence-corrected chi connectivity index (χ3v) is 6.22. The van der Waals surface area contributed by atoms with E-state index >= 15 is 0 Å². The van der Waals surface area contributed by atoms with Crippen LogP contribution in [0.2, 0.25) is 0 Å². The first kappa shape index (κ1) is 16.2. The lowest BCUT2D eigenvalue weighted by molar-refractivity contribution is 0.582. The molecule has 1 N–H and O–H groups in total. The summed E-state index contributed by atoms with van der Waals surface area (Å²) in [7, 11) is -3.47. The topological polar surface area (TPSA) is 46.2 Å². The summed E-state index contributed by atoms with van der Waals surface area (Å²) in [5.74, 6) is 0. The van der Waals surface area contributed by atoms with Crippen molar-refractivity contribution in [1.29, 1.82) is 0 Å².